The Morgan fingerprint density at radius 3 is 2.85 bits per heavy atom. The van der Waals surface area contributed by atoms with E-state index in [1.165, 1.54) is 0 Å². The molecular formula is C24H25N7O2. The number of carbonyl (C=O) groups is 1. The van der Waals surface area contributed by atoms with Crippen molar-refractivity contribution < 1.29 is 9.21 Å². The lowest BCUT2D eigenvalue weighted by Gasteiger charge is -2.35. The molecule has 0 spiro atoms. The zero-order valence-corrected chi connectivity index (χ0v) is 18.1. The summed E-state index contributed by atoms with van der Waals surface area (Å²) in [7, 11) is 0. The lowest BCUT2D eigenvalue weighted by atomic mass is 10.0. The molecule has 1 aliphatic rings. The van der Waals surface area contributed by atoms with Crippen LogP contribution < -0.4 is 5.32 Å². The molecule has 0 aliphatic carbocycles. The van der Waals surface area contributed by atoms with Gasteiger partial charge in [-0.3, -0.25) is 9.69 Å². The Hall–Kier alpha value is -3.85. The van der Waals surface area contributed by atoms with Gasteiger partial charge in [0.05, 0.1) is 5.69 Å². The first-order valence-corrected chi connectivity index (χ1v) is 11.1. The van der Waals surface area contributed by atoms with Crippen molar-refractivity contribution in [2.75, 3.05) is 13.1 Å². The van der Waals surface area contributed by atoms with Gasteiger partial charge in [-0.25, -0.2) is 4.98 Å². The molecule has 5 rings (SSSR count). The minimum absolute atomic E-state index is 0.0358. The van der Waals surface area contributed by atoms with Crippen molar-refractivity contribution >= 4 is 5.91 Å². The van der Waals surface area contributed by atoms with Crippen molar-refractivity contribution in [1.82, 2.24) is 35.8 Å². The number of nitrogens with one attached hydrogen (secondary N) is 2. The molecule has 1 fully saturated rings. The summed E-state index contributed by atoms with van der Waals surface area (Å²) in [6.07, 6.45) is 5.06. The number of carbonyl (C=O) groups excluding carboxylic acids is 1. The van der Waals surface area contributed by atoms with E-state index in [0.29, 0.717) is 30.4 Å². The maximum Gasteiger partial charge on any atom is 0.251 e. The molecule has 0 saturated carbocycles. The van der Waals surface area contributed by atoms with Gasteiger partial charge in [0.1, 0.15) is 6.26 Å². The van der Waals surface area contributed by atoms with Crippen LogP contribution in [0, 0.1) is 0 Å². The highest BCUT2D eigenvalue weighted by Crippen LogP contribution is 2.25. The number of oxazole rings is 1. The number of tetrazole rings is 1. The summed E-state index contributed by atoms with van der Waals surface area (Å²) in [5.74, 6) is 1.05. The summed E-state index contributed by atoms with van der Waals surface area (Å²) in [6.45, 7) is 2.27. The van der Waals surface area contributed by atoms with Crippen LogP contribution in [0.3, 0.4) is 0 Å². The molecule has 33 heavy (non-hydrogen) atoms. The Morgan fingerprint density at radius 2 is 2.00 bits per heavy atom. The van der Waals surface area contributed by atoms with E-state index in [4.69, 9.17) is 9.40 Å². The summed E-state index contributed by atoms with van der Waals surface area (Å²) in [5, 5.41) is 17.2. The van der Waals surface area contributed by atoms with Crippen molar-refractivity contribution in [1.29, 1.82) is 0 Å². The third kappa shape index (κ3) is 4.98. The smallest absolute Gasteiger partial charge is 0.251 e. The van der Waals surface area contributed by atoms with E-state index in [1.807, 2.05) is 54.6 Å². The first-order chi connectivity index (χ1) is 16.3. The second-order valence-corrected chi connectivity index (χ2v) is 8.16. The van der Waals surface area contributed by atoms with Crippen molar-refractivity contribution in [3.8, 4) is 22.8 Å². The number of aromatic amines is 1. The normalized spacial score (nSPS) is 16.5. The number of rotatable bonds is 7. The molecule has 0 bridgehead atoms. The topological polar surface area (TPSA) is 113 Å². The van der Waals surface area contributed by atoms with Crippen molar-refractivity contribution in [2.24, 2.45) is 0 Å². The summed E-state index contributed by atoms with van der Waals surface area (Å²) in [4.78, 5) is 19.5. The molecule has 0 radical (unpaired) electrons. The largest absolute Gasteiger partial charge is 0.444 e. The van der Waals surface area contributed by atoms with E-state index in [9.17, 15) is 4.79 Å². The third-order valence-electron chi connectivity index (χ3n) is 5.91. The lowest BCUT2D eigenvalue weighted by Crippen LogP contribution is -2.46. The van der Waals surface area contributed by atoms with Crippen LogP contribution in [0.25, 0.3) is 22.8 Å². The average Bonchev–Trinajstić information content (AvgIpc) is 3.57. The maximum absolute atomic E-state index is 12.5. The molecule has 168 valence electrons. The first kappa shape index (κ1) is 21.0. The predicted molar refractivity (Wildman–Crippen MR) is 122 cm³/mol. The van der Waals surface area contributed by atoms with Crippen LogP contribution in [0.15, 0.2) is 65.3 Å². The Labute approximate surface area is 191 Å². The molecule has 1 atom stereocenters. The standard InChI is InChI=1S/C24H25N7O2/c32-23(17-7-2-1-3-8-17)25-14-21-11-4-5-12-31(21)15-20-16-33-24(26-20)19-10-6-9-18(13-19)22-27-29-30-28-22/h1-3,6-10,13,16,21H,4-5,11-12,14-15H2,(H,25,32)(H,27,28,29,30). The monoisotopic (exact) mass is 443 g/mol. The van der Waals surface area contributed by atoms with E-state index in [2.05, 4.69) is 30.8 Å². The first-order valence-electron chi connectivity index (χ1n) is 11.1. The molecule has 1 aliphatic heterocycles. The molecule has 1 amide bonds. The minimum atomic E-state index is -0.0358. The molecule has 1 saturated heterocycles. The zero-order valence-electron chi connectivity index (χ0n) is 18.1. The van der Waals surface area contributed by atoms with Crippen LogP contribution in [0.2, 0.25) is 0 Å². The van der Waals surface area contributed by atoms with Gasteiger partial charge in [-0.1, -0.05) is 36.8 Å². The van der Waals surface area contributed by atoms with Gasteiger partial charge in [-0.15, -0.1) is 10.2 Å². The van der Waals surface area contributed by atoms with Crippen LogP contribution in [-0.4, -0.2) is 55.5 Å². The number of benzene rings is 2. The van der Waals surface area contributed by atoms with Gasteiger partial charge < -0.3 is 9.73 Å². The average molecular weight is 444 g/mol. The predicted octanol–water partition coefficient (Wildman–Crippen LogP) is 3.31. The molecule has 1 unspecified atom stereocenters. The highest BCUT2D eigenvalue weighted by atomic mass is 16.3. The Bertz CT molecular complexity index is 1190. The summed E-state index contributed by atoms with van der Waals surface area (Å²) < 4.78 is 5.78. The number of amides is 1. The molecule has 9 nitrogen and oxygen atoms in total. The van der Waals surface area contributed by atoms with Gasteiger partial charge in [0, 0.05) is 35.8 Å². The SMILES string of the molecule is O=C(NCC1CCCCN1Cc1coc(-c2cccc(-c3nn[nH]n3)c2)n1)c1ccccc1. The Kier molecular flexibility index (Phi) is 6.21. The van der Waals surface area contributed by atoms with Gasteiger partial charge >= 0.3 is 0 Å². The second kappa shape index (κ2) is 9.74. The second-order valence-electron chi connectivity index (χ2n) is 8.16. The minimum Gasteiger partial charge on any atom is -0.444 e. The van der Waals surface area contributed by atoms with E-state index >= 15 is 0 Å². The lowest BCUT2D eigenvalue weighted by molar-refractivity contribution is 0.0906. The molecule has 2 N–H and O–H groups in total. The fraction of sp³-hybridized carbons (Fsp3) is 0.292. The van der Waals surface area contributed by atoms with Gasteiger partial charge in [0.25, 0.3) is 5.91 Å². The number of hydrogen-bond acceptors (Lipinski definition) is 7. The molecule has 3 heterocycles. The molecule has 4 aromatic rings. The Morgan fingerprint density at radius 1 is 1.12 bits per heavy atom. The van der Waals surface area contributed by atoms with Gasteiger partial charge in [0.15, 0.2) is 0 Å². The number of nitrogens with zero attached hydrogens (tertiary/aromatic N) is 5. The third-order valence-corrected chi connectivity index (χ3v) is 5.91. The number of H-pyrrole nitrogens is 1. The Balaban J connectivity index is 1.24. The number of likely N-dealkylation sites (tertiary alicyclic amines) is 1. The molecule has 2 aromatic carbocycles. The van der Waals surface area contributed by atoms with Gasteiger partial charge in [-0.2, -0.15) is 5.21 Å². The van der Waals surface area contributed by atoms with Crippen LogP contribution >= 0.6 is 0 Å². The molecule has 2 aromatic heterocycles. The van der Waals surface area contributed by atoms with E-state index in [-0.39, 0.29) is 11.9 Å². The van der Waals surface area contributed by atoms with Gasteiger partial charge in [-0.05, 0) is 48.9 Å². The van der Waals surface area contributed by atoms with Gasteiger partial charge in [0.2, 0.25) is 11.7 Å². The highest BCUT2D eigenvalue weighted by molar-refractivity contribution is 5.94. The van der Waals surface area contributed by atoms with Crippen LogP contribution in [0.5, 0.6) is 0 Å². The van der Waals surface area contributed by atoms with E-state index in [1.54, 1.807) is 6.26 Å². The number of hydrogen-bond donors (Lipinski definition) is 2. The fourth-order valence-corrected chi connectivity index (χ4v) is 4.20. The van der Waals surface area contributed by atoms with Crippen molar-refractivity contribution in [2.45, 2.75) is 31.8 Å². The van der Waals surface area contributed by atoms with Crippen molar-refractivity contribution in [3.63, 3.8) is 0 Å². The number of piperidine rings is 1. The van der Waals surface area contributed by atoms with E-state index < -0.39 is 0 Å². The fourth-order valence-electron chi connectivity index (χ4n) is 4.20. The number of aromatic nitrogens is 5. The van der Waals surface area contributed by atoms with Crippen LogP contribution in [0.1, 0.15) is 35.3 Å². The quantitative estimate of drug-likeness (QED) is 0.450. The summed E-state index contributed by atoms with van der Waals surface area (Å²) in [6, 6.07) is 17.3. The van der Waals surface area contributed by atoms with Crippen LogP contribution in [0.4, 0.5) is 0 Å². The maximum atomic E-state index is 12.5. The summed E-state index contributed by atoms with van der Waals surface area (Å²) >= 11 is 0. The molecular weight excluding hydrogens is 418 g/mol. The summed E-state index contributed by atoms with van der Waals surface area (Å²) in [5.41, 5.74) is 3.25. The van der Waals surface area contributed by atoms with Crippen LogP contribution in [-0.2, 0) is 6.54 Å². The highest BCUT2D eigenvalue weighted by Gasteiger charge is 2.24. The van der Waals surface area contributed by atoms with E-state index in [0.717, 1.165) is 42.6 Å². The zero-order chi connectivity index (χ0) is 22.5. The van der Waals surface area contributed by atoms with Crippen molar-refractivity contribution in [3.05, 3.63) is 72.1 Å². The molecule has 9 heteroatoms.